The van der Waals surface area contributed by atoms with Gasteiger partial charge in [-0.25, -0.2) is 4.79 Å². The molecule has 2 aromatic rings. The van der Waals surface area contributed by atoms with Crippen molar-refractivity contribution in [2.24, 2.45) is 0 Å². The van der Waals surface area contributed by atoms with Gasteiger partial charge in [0.25, 0.3) is 0 Å². The summed E-state index contributed by atoms with van der Waals surface area (Å²) in [5, 5.41) is 0. The first-order valence-electron chi connectivity index (χ1n) is 5.49. The number of carbonyl (C=O) groups excluding carboxylic acids is 1. The average Bonchev–Trinajstić information content (AvgIpc) is 2.56. The van der Waals surface area contributed by atoms with Crippen molar-refractivity contribution in [3.63, 3.8) is 0 Å². The van der Waals surface area contributed by atoms with E-state index in [1.165, 1.54) is 24.7 Å². The van der Waals surface area contributed by atoms with Gasteiger partial charge in [0.2, 0.25) is 0 Å². The van der Waals surface area contributed by atoms with Crippen molar-refractivity contribution in [3.8, 4) is 17.0 Å². The number of hydrogen-bond donors (Lipinski definition) is 0. The fourth-order valence-electron chi connectivity index (χ4n) is 1.60. The Bertz CT molecular complexity index is 578. The van der Waals surface area contributed by atoms with Crippen LogP contribution in [0.2, 0.25) is 0 Å². The fourth-order valence-corrected chi connectivity index (χ4v) is 1.60. The molecule has 1 aromatic heterocycles. The summed E-state index contributed by atoms with van der Waals surface area (Å²) < 4.78 is 9.91. The van der Waals surface area contributed by atoms with Gasteiger partial charge < -0.3 is 14.5 Å². The molecule has 0 unspecified atom stereocenters. The van der Waals surface area contributed by atoms with Crippen molar-refractivity contribution in [2.45, 2.75) is 0 Å². The molecule has 0 aliphatic carbocycles. The average molecular weight is 468 g/mol. The molecular formula is C14H12ClNO3Os-. The zero-order valence-electron chi connectivity index (χ0n) is 10.9. The van der Waals surface area contributed by atoms with Crippen molar-refractivity contribution in [3.05, 3.63) is 48.2 Å². The van der Waals surface area contributed by atoms with Crippen LogP contribution >= 0.6 is 9.64 Å². The number of halogens is 1. The molecule has 107 valence electrons. The predicted octanol–water partition coefficient (Wildman–Crippen LogP) is 3.03. The van der Waals surface area contributed by atoms with E-state index in [2.05, 4.69) is 25.4 Å². The number of nitrogens with zero attached hydrogens (tertiary/aromatic N) is 1. The summed E-state index contributed by atoms with van der Waals surface area (Å²) >= 11 is 1.33. The molecule has 1 heterocycles. The molecule has 0 atom stereocenters. The fraction of sp³-hybridized carbons (Fsp3) is 0.143. The van der Waals surface area contributed by atoms with Gasteiger partial charge in [0, 0.05) is 11.9 Å². The van der Waals surface area contributed by atoms with E-state index in [0.29, 0.717) is 22.6 Å². The molecule has 0 bridgehead atoms. The Labute approximate surface area is 132 Å². The van der Waals surface area contributed by atoms with Gasteiger partial charge in [-0.1, -0.05) is 11.6 Å². The molecule has 6 heteroatoms. The zero-order chi connectivity index (χ0) is 15.0. The van der Waals surface area contributed by atoms with Crippen LogP contribution in [0.5, 0.6) is 5.75 Å². The second kappa shape index (κ2) is 8.68. The molecule has 0 saturated heterocycles. The first-order chi connectivity index (χ1) is 9.76. The molecule has 20 heavy (non-hydrogen) atoms. The number of rotatable bonds is 3. The van der Waals surface area contributed by atoms with E-state index in [0.717, 1.165) is 0 Å². The van der Waals surface area contributed by atoms with Crippen molar-refractivity contribution >= 4 is 15.6 Å². The predicted molar refractivity (Wildman–Crippen MR) is 72.3 cm³/mol. The van der Waals surface area contributed by atoms with Crippen molar-refractivity contribution in [1.29, 1.82) is 0 Å². The second-order valence-corrected chi connectivity index (χ2v) is 3.53. The van der Waals surface area contributed by atoms with Crippen LogP contribution < -0.4 is 4.74 Å². The number of aromatic nitrogens is 1. The Morgan fingerprint density at radius 1 is 1.35 bits per heavy atom. The number of esters is 1. The molecule has 0 radical (unpaired) electrons. The van der Waals surface area contributed by atoms with Gasteiger partial charge in [-0.15, -0.1) is 24.3 Å². The van der Waals surface area contributed by atoms with Crippen molar-refractivity contribution in [2.75, 3.05) is 14.2 Å². The van der Waals surface area contributed by atoms with Crippen molar-refractivity contribution in [1.82, 2.24) is 4.98 Å². The van der Waals surface area contributed by atoms with E-state index >= 15 is 0 Å². The van der Waals surface area contributed by atoms with Crippen LogP contribution in [0, 0.1) is 6.07 Å². The van der Waals surface area contributed by atoms with Crippen LogP contribution in [0.3, 0.4) is 0 Å². The summed E-state index contributed by atoms with van der Waals surface area (Å²) in [5.74, 6) is 0.264. The van der Waals surface area contributed by atoms with E-state index in [1.807, 2.05) is 12.1 Å². The Hall–Kier alpha value is -1.43. The van der Waals surface area contributed by atoms with Crippen LogP contribution in [0.15, 0.2) is 36.5 Å². The molecule has 1 aromatic carbocycles. The van der Waals surface area contributed by atoms with E-state index < -0.39 is 5.97 Å². The SMILES string of the molecule is COC(=O)c1ccnc(-c2[c-]cccc2OC)c1.[Cl][Os]. The molecular weight excluding hydrogens is 456 g/mol. The molecule has 2 rings (SSSR count). The third-order valence-electron chi connectivity index (χ3n) is 2.47. The molecule has 0 N–H and O–H groups in total. The van der Waals surface area contributed by atoms with Gasteiger partial charge in [0.1, 0.15) is 0 Å². The van der Waals surface area contributed by atoms with Crippen LogP contribution in [0.4, 0.5) is 0 Å². The molecule has 0 amide bonds. The van der Waals surface area contributed by atoms with E-state index in [1.54, 1.807) is 31.5 Å². The summed E-state index contributed by atoms with van der Waals surface area (Å²) in [7, 11) is 7.59. The molecule has 0 aliphatic heterocycles. The number of ether oxygens (including phenoxy) is 2. The normalized spacial score (nSPS) is 9.20. The number of pyridine rings is 1. The molecule has 0 aliphatic rings. The molecule has 0 spiro atoms. The summed E-state index contributed by atoms with van der Waals surface area (Å²) in [6.07, 6.45) is 1.56. The number of methoxy groups -OCH3 is 2. The molecule has 0 fully saturated rings. The Balaban J connectivity index is 0.000000956. The first-order valence-corrected chi connectivity index (χ1v) is 8.64. The van der Waals surface area contributed by atoms with Gasteiger partial charge in [0.15, 0.2) is 0 Å². The van der Waals surface area contributed by atoms with Crippen LogP contribution in [0.25, 0.3) is 11.3 Å². The molecule has 4 nitrogen and oxygen atoms in total. The molecule has 0 saturated carbocycles. The topological polar surface area (TPSA) is 48.4 Å². The maximum atomic E-state index is 11.5. The second-order valence-electron chi connectivity index (χ2n) is 3.53. The number of benzene rings is 1. The zero-order valence-corrected chi connectivity index (χ0v) is 14.2. The van der Waals surface area contributed by atoms with Gasteiger partial charge in [-0.05, 0) is 11.8 Å². The first kappa shape index (κ1) is 16.6. The summed E-state index contributed by atoms with van der Waals surface area (Å²) in [5.41, 5.74) is 1.78. The van der Waals surface area contributed by atoms with Crippen LogP contribution in [-0.2, 0) is 22.3 Å². The van der Waals surface area contributed by atoms with Crippen molar-refractivity contribution < 1.29 is 31.9 Å². The third-order valence-corrected chi connectivity index (χ3v) is 2.47. The van der Waals surface area contributed by atoms with E-state index in [9.17, 15) is 4.79 Å². The summed E-state index contributed by atoms with van der Waals surface area (Å²) in [6, 6.07) is 11.7. The standard InChI is InChI=1S/C14H12NO3.ClH.Os/c1-17-13-6-4-3-5-11(13)12-9-10(7-8-15-12)14(16)18-2;;/h3-4,6-9H,1-2H3;1H;/q-1;;+1/p-1. The Morgan fingerprint density at radius 3 is 2.75 bits per heavy atom. The van der Waals surface area contributed by atoms with Gasteiger partial charge >= 0.3 is 33.2 Å². The summed E-state index contributed by atoms with van der Waals surface area (Å²) in [4.78, 5) is 15.7. The monoisotopic (exact) mass is 469 g/mol. The van der Waals surface area contributed by atoms with Crippen LogP contribution in [-0.4, -0.2) is 25.2 Å². The van der Waals surface area contributed by atoms with Gasteiger partial charge in [-0.2, -0.15) is 0 Å². The maximum absolute atomic E-state index is 11.5. The van der Waals surface area contributed by atoms with Gasteiger partial charge in [0.05, 0.1) is 19.8 Å². The number of hydrogen-bond acceptors (Lipinski definition) is 4. The Morgan fingerprint density at radius 2 is 2.10 bits per heavy atom. The minimum atomic E-state index is -0.395. The number of carbonyl (C=O) groups is 1. The minimum absolute atomic E-state index is 0.395. The summed E-state index contributed by atoms with van der Waals surface area (Å²) in [6.45, 7) is 0. The van der Waals surface area contributed by atoms with E-state index in [-0.39, 0.29) is 0 Å². The Kier molecular flexibility index (Phi) is 7.21. The third kappa shape index (κ3) is 4.03. The van der Waals surface area contributed by atoms with E-state index in [4.69, 9.17) is 4.74 Å². The van der Waals surface area contributed by atoms with Crippen LogP contribution in [0.1, 0.15) is 10.4 Å². The van der Waals surface area contributed by atoms with Gasteiger partial charge in [-0.3, -0.25) is 0 Å². The quantitative estimate of drug-likeness (QED) is 0.514.